The molecule has 2 heterocycles. The van der Waals surface area contributed by atoms with Gasteiger partial charge in [0.05, 0.1) is 0 Å². The molecule has 1 fully saturated rings. The quantitative estimate of drug-likeness (QED) is 0.293. The van der Waals surface area contributed by atoms with E-state index in [1.165, 1.54) is 17.7 Å². The molecule has 3 unspecified atom stereocenters. The number of likely N-dealkylation sites (tertiary alicyclic amines) is 1. The number of halogens is 1. The number of piperidine rings is 1. The van der Waals surface area contributed by atoms with Gasteiger partial charge < -0.3 is 10.6 Å². The van der Waals surface area contributed by atoms with Crippen molar-refractivity contribution in [2.45, 2.75) is 24.6 Å². The number of hydrogen-bond acceptors (Lipinski definition) is 4. The van der Waals surface area contributed by atoms with Crippen LogP contribution in [0.25, 0.3) is 0 Å². The van der Waals surface area contributed by atoms with E-state index in [4.69, 9.17) is 0 Å². The topological polar surface area (TPSA) is 56.7 Å². The van der Waals surface area contributed by atoms with Crippen LogP contribution in [0.15, 0.2) is 52.8 Å². The lowest BCUT2D eigenvalue weighted by Crippen LogP contribution is -2.45. The van der Waals surface area contributed by atoms with Gasteiger partial charge in [-0.15, -0.1) is 35.3 Å². The summed E-state index contributed by atoms with van der Waals surface area (Å²) in [5.41, 5.74) is 1.12. The van der Waals surface area contributed by atoms with Crippen molar-refractivity contribution in [1.29, 1.82) is 0 Å². The maximum Gasteiger partial charge on any atom is 0.191 e. The molecule has 0 bridgehead atoms. The first-order valence-electron chi connectivity index (χ1n) is 10.2. The van der Waals surface area contributed by atoms with E-state index in [-0.39, 0.29) is 24.0 Å². The fourth-order valence-corrected chi connectivity index (χ4v) is 5.97. The van der Waals surface area contributed by atoms with Crippen molar-refractivity contribution in [1.82, 2.24) is 15.5 Å². The van der Waals surface area contributed by atoms with E-state index in [2.05, 4.69) is 45.1 Å². The van der Waals surface area contributed by atoms with E-state index >= 15 is 0 Å². The van der Waals surface area contributed by atoms with Gasteiger partial charge in [0.1, 0.15) is 0 Å². The molecular weight excluding hydrogens is 527 g/mol. The van der Waals surface area contributed by atoms with Crippen LogP contribution in [0.5, 0.6) is 0 Å². The van der Waals surface area contributed by atoms with E-state index in [1.54, 1.807) is 7.05 Å². The predicted octanol–water partition coefficient (Wildman–Crippen LogP) is 3.86. The SMILES string of the molecule is CN=C(NCCS(=O)Cc1ccccc1)NCC1CCCN(C)C1c1cccs1.I. The molecule has 3 rings (SSSR count). The second-order valence-corrected chi connectivity index (χ2v) is 10.1. The molecule has 0 aliphatic carbocycles. The molecule has 2 N–H and O–H groups in total. The standard InChI is InChI=1S/C22H32N4OS2.HI/c1-23-22(24-12-15-29(27)17-18-8-4-3-5-9-18)25-16-19-10-6-13-26(2)21(19)20-11-7-14-28-20;/h3-5,7-9,11,14,19,21H,6,10,12-13,15-17H2,1-2H3,(H2,23,24,25);1H. The Kier molecular flexibility index (Phi) is 11.3. The van der Waals surface area contributed by atoms with E-state index in [1.807, 2.05) is 41.7 Å². The molecule has 0 spiro atoms. The number of nitrogens with zero attached hydrogens (tertiary/aromatic N) is 2. The zero-order chi connectivity index (χ0) is 20.5. The van der Waals surface area contributed by atoms with Crippen LogP contribution in [0.3, 0.4) is 0 Å². The number of hydrogen-bond donors (Lipinski definition) is 2. The minimum atomic E-state index is -0.879. The average Bonchev–Trinajstić information content (AvgIpc) is 3.25. The smallest absolute Gasteiger partial charge is 0.191 e. The summed E-state index contributed by atoms with van der Waals surface area (Å²) in [4.78, 5) is 8.26. The fraction of sp³-hybridized carbons (Fsp3) is 0.500. The van der Waals surface area contributed by atoms with Crippen LogP contribution in [-0.2, 0) is 16.6 Å². The normalized spacial score (nSPS) is 20.9. The molecule has 0 amide bonds. The van der Waals surface area contributed by atoms with Crippen LogP contribution >= 0.6 is 35.3 Å². The van der Waals surface area contributed by atoms with E-state index in [0.717, 1.165) is 24.6 Å². The number of benzene rings is 1. The minimum absolute atomic E-state index is 0. The number of rotatable bonds is 8. The third kappa shape index (κ3) is 7.62. The summed E-state index contributed by atoms with van der Waals surface area (Å²) in [5.74, 6) is 2.56. The predicted molar refractivity (Wildman–Crippen MR) is 140 cm³/mol. The Morgan fingerprint density at radius 2 is 2.03 bits per heavy atom. The van der Waals surface area contributed by atoms with Crippen LogP contribution in [0.4, 0.5) is 0 Å². The van der Waals surface area contributed by atoms with Gasteiger partial charge in [0.25, 0.3) is 0 Å². The lowest BCUT2D eigenvalue weighted by molar-refractivity contribution is 0.125. The van der Waals surface area contributed by atoms with E-state index < -0.39 is 10.8 Å². The van der Waals surface area contributed by atoms with Crippen molar-refractivity contribution in [3.05, 3.63) is 58.3 Å². The highest BCUT2D eigenvalue weighted by molar-refractivity contribution is 14.0. The van der Waals surface area contributed by atoms with Gasteiger partial charge in [0, 0.05) is 53.4 Å². The molecule has 1 aromatic heterocycles. The van der Waals surface area contributed by atoms with Crippen LogP contribution in [0.1, 0.15) is 29.3 Å². The second kappa shape index (κ2) is 13.4. The second-order valence-electron chi connectivity index (χ2n) is 7.50. The van der Waals surface area contributed by atoms with Crippen LogP contribution in [-0.4, -0.2) is 54.6 Å². The molecule has 2 aromatic rings. The third-order valence-corrected chi connectivity index (χ3v) is 7.65. The maximum atomic E-state index is 12.3. The molecule has 1 aliphatic rings. The molecule has 1 saturated heterocycles. The lowest BCUT2D eigenvalue weighted by Gasteiger charge is -2.39. The van der Waals surface area contributed by atoms with Crippen molar-refractivity contribution in [3.8, 4) is 0 Å². The number of aliphatic imine (C=N–C) groups is 1. The van der Waals surface area contributed by atoms with Gasteiger partial charge >= 0.3 is 0 Å². The van der Waals surface area contributed by atoms with Crippen LogP contribution in [0.2, 0.25) is 0 Å². The Labute approximate surface area is 204 Å². The molecule has 5 nitrogen and oxygen atoms in total. The molecule has 1 aromatic carbocycles. The van der Waals surface area contributed by atoms with Crippen molar-refractivity contribution in [2.75, 3.05) is 39.5 Å². The van der Waals surface area contributed by atoms with Gasteiger partial charge in [-0.2, -0.15) is 0 Å². The molecule has 166 valence electrons. The van der Waals surface area contributed by atoms with Gasteiger partial charge in [-0.05, 0) is 49.4 Å². The molecule has 30 heavy (non-hydrogen) atoms. The fourth-order valence-electron chi connectivity index (χ4n) is 3.95. The van der Waals surface area contributed by atoms with Crippen LogP contribution < -0.4 is 10.6 Å². The Morgan fingerprint density at radius 3 is 2.73 bits per heavy atom. The Hall–Kier alpha value is -0.970. The number of nitrogens with one attached hydrogen (secondary N) is 2. The zero-order valence-corrected chi connectivity index (χ0v) is 21.7. The highest BCUT2D eigenvalue weighted by atomic mass is 127. The van der Waals surface area contributed by atoms with Gasteiger partial charge in [0.15, 0.2) is 5.96 Å². The Balaban J connectivity index is 0.00000320. The third-order valence-electron chi connectivity index (χ3n) is 5.39. The van der Waals surface area contributed by atoms with E-state index in [0.29, 0.717) is 30.0 Å². The average molecular weight is 561 g/mol. The molecule has 0 saturated carbocycles. The maximum absolute atomic E-state index is 12.3. The van der Waals surface area contributed by atoms with Gasteiger partial charge in [0.2, 0.25) is 0 Å². The lowest BCUT2D eigenvalue weighted by atomic mass is 9.88. The summed E-state index contributed by atoms with van der Waals surface area (Å²) in [6, 6.07) is 14.9. The van der Waals surface area contributed by atoms with Gasteiger partial charge in [-0.1, -0.05) is 36.4 Å². The zero-order valence-electron chi connectivity index (χ0n) is 17.8. The largest absolute Gasteiger partial charge is 0.356 e. The van der Waals surface area contributed by atoms with Crippen molar-refractivity contribution in [2.24, 2.45) is 10.9 Å². The molecule has 8 heteroatoms. The minimum Gasteiger partial charge on any atom is -0.356 e. The van der Waals surface area contributed by atoms with E-state index in [9.17, 15) is 4.21 Å². The summed E-state index contributed by atoms with van der Waals surface area (Å²) >= 11 is 1.85. The first-order chi connectivity index (χ1) is 14.2. The highest BCUT2D eigenvalue weighted by Crippen LogP contribution is 2.36. The molecule has 1 aliphatic heterocycles. The van der Waals surface area contributed by atoms with Crippen molar-refractivity contribution >= 4 is 52.1 Å². The van der Waals surface area contributed by atoms with Crippen molar-refractivity contribution in [3.63, 3.8) is 0 Å². The van der Waals surface area contributed by atoms with Gasteiger partial charge in [-0.25, -0.2) is 0 Å². The van der Waals surface area contributed by atoms with Gasteiger partial charge in [-0.3, -0.25) is 14.1 Å². The first-order valence-corrected chi connectivity index (χ1v) is 12.6. The van der Waals surface area contributed by atoms with Crippen LogP contribution in [0, 0.1) is 5.92 Å². The molecule has 3 atom stereocenters. The molecular formula is C22H33IN4OS2. The Morgan fingerprint density at radius 1 is 1.23 bits per heavy atom. The monoisotopic (exact) mass is 560 g/mol. The number of guanidine groups is 1. The Bertz CT molecular complexity index is 786. The summed E-state index contributed by atoms with van der Waals surface area (Å²) in [6.07, 6.45) is 2.45. The summed E-state index contributed by atoms with van der Waals surface area (Å²) in [5, 5.41) is 8.98. The highest BCUT2D eigenvalue weighted by Gasteiger charge is 2.31. The summed E-state index contributed by atoms with van der Waals surface area (Å²) < 4.78 is 12.3. The number of thiophene rings is 1. The summed E-state index contributed by atoms with van der Waals surface area (Å²) in [6.45, 7) is 2.69. The first kappa shape index (κ1) is 25.3. The summed E-state index contributed by atoms with van der Waals surface area (Å²) in [7, 11) is 3.14. The molecule has 0 radical (unpaired) electrons. The van der Waals surface area contributed by atoms with Crippen molar-refractivity contribution < 1.29 is 4.21 Å².